The van der Waals surface area contributed by atoms with E-state index < -0.39 is 12.1 Å². The second-order valence-corrected chi connectivity index (χ2v) is 7.10. The van der Waals surface area contributed by atoms with E-state index in [0.717, 1.165) is 29.2 Å². The van der Waals surface area contributed by atoms with E-state index >= 15 is 0 Å². The average molecular weight is 385 g/mol. The number of aryl methyl sites for hydroxylation is 1. The highest BCUT2D eigenvalue weighted by molar-refractivity contribution is 6.31. The van der Waals surface area contributed by atoms with Gasteiger partial charge in [0.2, 0.25) is 0 Å². The van der Waals surface area contributed by atoms with Gasteiger partial charge in [-0.2, -0.15) is 0 Å². The number of benzene rings is 2. The first-order valence-corrected chi connectivity index (χ1v) is 8.89. The molecule has 2 aromatic rings. The monoisotopic (exact) mass is 384 g/mol. The molecule has 0 aromatic heterocycles. The van der Waals surface area contributed by atoms with Crippen molar-refractivity contribution in [1.82, 2.24) is 0 Å². The van der Waals surface area contributed by atoms with Crippen molar-refractivity contribution < 1.29 is 23.8 Å². The second kappa shape index (κ2) is 6.43. The Morgan fingerprint density at radius 2 is 1.93 bits per heavy atom. The molecule has 0 saturated heterocycles. The summed E-state index contributed by atoms with van der Waals surface area (Å²) in [6.07, 6.45) is 3.03. The molecule has 0 aliphatic heterocycles. The maximum Gasteiger partial charge on any atom is 0.513 e. The Bertz CT molecular complexity index is 1040. The predicted octanol–water partition coefficient (Wildman–Crippen LogP) is 5.09. The molecule has 0 N–H and O–H groups in total. The maximum atomic E-state index is 12.0. The van der Waals surface area contributed by atoms with Crippen molar-refractivity contribution in [2.24, 2.45) is 0 Å². The fourth-order valence-electron chi connectivity index (χ4n) is 3.98. The van der Waals surface area contributed by atoms with E-state index in [9.17, 15) is 9.59 Å². The predicted molar refractivity (Wildman–Crippen MR) is 102 cm³/mol. The Morgan fingerprint density at radius 1 is 1.19 bits per heavy atom. The van der Waals surface area contributed by atoms with E-state index in [4.69, 9.17) is 25.8 Å². The summed E-state index contributed by atoms with van der Waals surface area (Å²) in [6.45, 7) is 5.41. The van der Waals surface area contributed by atoms with Gasteiger partial charge in [0.15, 0.2) is 0 Å². The third-order valence-corrected chi connectivity index (χ3v) is 5.46. The van der Waals surface area contributed by atoms with Gasteiger partial charge in [-0.05, 0) is 19.4 Å². The highest BCUT2D eigenvalue weighted by Crippen LogP contribution is 2.61. The molecule has 0 saturated carbocycles. The van der Waals surface area contributed by atoms with Gasteiger partial charge in [-0.1, -0.05) is 42.0 Å². The number of hydrogen-bond acceptors (Lipinski definition) is 5. The van der Waals surface area contributed by atoms with Crippen molar-refractivity contribution in [3.05, 3.63) is 58.7 Å². The average Bonchev–Trinajstić information content (AvgIpc) is 3.21. The van der Waals surface area contributed by atoms with Crippen LogP contribution in [0.4, 0.5) is 4.79 Å². The van der Waals surface area contributed by atoms with Gasteiger partial charge in [0, 0.05) is 44.8 Å². The number of hydrogen-bond donors (Lipinski definition) is 0. The molecule has 6 heteroatoms. The molecule has 27 heavy (non-hydrogen) atoms. The van der Waals surface area contributed by atoms with Crippen molar-refractivity contribution in [1.29, 1.82) is 0 Å². The maximum absolute atomic E-state index is 12.0. The van der Waals surface area contributed by atoms with Crippen LogP contribution in [0.2, 0.25) is 0 Å². The van der Waals surface area contributed by atoms with E-state index in [0.29, 0.717) is 27.3 Å². The van der Waals surface area contributed by atoms with Gasteiger partial charge in [-0.25, -0.2) is 9.59 Å². The van der Waals surface area contributed by atoms with Crippen LogP contribution in [0.15, 0.2) is 42.0 Å². The number of halogens is 1. The molecular formula is C21H17ClO5. The Hall–Kier alpha value is -2.79. The highest BCUT2D eigenvalue weighted by atomic mass is 35.5. The van der Waals surface area contributed by atoms with Crippen molar-refractivity contribution in [3.8, 4) is 11.5 Å². The van der Waals surface area contributed by atoms with E-state index in [1.54, 1.807) is 0 Å². The second-order valence-electron chi connectivity index (χ2n) is 6.66. The highest BCUT2D eigenvalue weighted by Gasteiger charge is 2.44. The summed E-state index contributed by atoms with van der Waals surface area (Å²) in [6, 6.07) is 5.66. The van der Waals surface area contributed by atoms with E-state index in [2.05, 4.69) is 6.58 Å². The van der Waals surface area contributed by atoms with Crippen LogP contribution in [-0.2, 0) is 9.53 Å². The van der Waals surface area contributed by atoms with Gasteiger partial charge in [0.25, 0.3) is 0 Å². The third kappa shape index (κ3) is 2.70. The number of carbonyl (C=O) groups is 2. The summed E-state index contributed by atoms with van der Waals surface area (Å²) >= 11 is 6.41. The lowest BCUT2D eigenvalue weighted by molar-refractivity contribution is -0.128. The van der Waals surface area contributed by atoms with Crippen LogP contribution in [0.3, 0.4) is 0 Å². The SMILES string of the molecule is C=CC(=O)Oc1c2c(c(OC(=O)OC)c3cc(C)ccc13)C1C=C(Cl)C2C1. The van der Waals surface area contributed by atoms with Gasteiger partial charge in [0.05, 0.1) is 7.11 Å². The summed E-state index contributed by atoms with van der Waals surface area (Å²) in [4.78, 5) is 23.9. The van der Waals surface area contributed by atoms with Crippen molar-refractivity contribution in [2.45, 2.75) is 25.2 Å². The molecule has 5 nitrogen and oxygen atoms in total. The molecule has 2 aliphatic rings. The number of fused-ring (bicyclic) bond motifs is 6. The van der Waals surface area contributed by atoms with Gasteiger partial charge < -0.3 is 14.2 Å². The Morgan fingerprint density at radius 3 is 2.63 bits per heavy atom. The standard InChI is InChI=1S/C21H17ClO5/c1-4-16(23)26-19-12-6-5-10(2)7-13(12)20(27-21(24)25-3)17-11-8-14(18(17)19)15(22)9-11/h4-7,9,11,14H,1,8H2,2-3H3. The molecule has 0 heterocycles. The molecule has 0 radical (unpaired) electrons. The normalized spacial score (nSPS) is 19.4. The van der Waals surface area contributed by atoms with Gasteiger partial charge in [-0.3, -0.25) is 0 Å². The molecule has 0 spiro atoms. The number of allylic oxidation sites excluding steroid dienone is 2. The first kappa shape index (κ1) is 17.6. The Balaban J connectivity index is 2.06. The molecule has 2 aliphatic carbocycles. The Kier molecular flexibility index (Phi) is 4.19. The minimum absolute atomic E-state index is 0.0109. The molecular weight excluding hydrogens is 368 g/mol. The first-order valence-electron chi connectivity index (χ1n) is 8.52. The number of ether oxygens (including phenoxy) is 3. The summed E-state index contributed by atoms with van der Waals surface area (Å²) in [5, 5.41) is 2.06. The van der Waals surface area contributed by atoms with Crippen LogP contribution in [0, 0.1) is 6.92 Å². The summed E-state index contributed by atoms with van der Waals surface area (Å²) < 4.78 is 15.9. The first-order chi connectivity index (χ1) is 12.9. The zero-order valence-corrected chi connectivity index (χ0v) is 15.6. The van der Waals surface area contributed by atoms with Crippen LogP contribution < -0.4 is 9.47 Å². The number of methoxy groups -OCH3 is 1. The smallest absolute Gasteiger partial charge is 0.437 e. The van der Waals surface area contributed by atoms with Gasteiger partial charge in [-0.15, -0.1) is 0 Å². The summed E-state index contributed by atoms with van der Waals surface area (Å²) in [7, 11) is 1.26. The topological polar surface area (TPSA) is 61.8 Å². The molecule has 4 rings (SSSR count). The Labute approximate surface area is 161 Å². The molecule has 0 amide bonds. The summed E-state index contributed by atoms with van der Waals surface area (Å²) in [5.41, 5.74) is 2.59. The minimum Gasteiger partial charge on any atom is -0.437 e. The molecule has 0 fully saturated rings. The lowest BCUT2D eigenvalue weighted by Crippen LogP contribution is -2.13. The number of rotatable bonds is 3. The molecule has 138 valence electrons. The largest absolute Gasteiger partial charge is 0.513 e. The van der Waals surface area contributed by atoms with Crippen molar-refractivity contribution in [2.75, 3.05) is 7.11 Å². The van der Waals surface area contributed by atoms with E-state index in [-0.39, 0.29) is 11.8 Å². The molecule has 2 unspecified atom stereocenters. The van der Waals surface area contributed by atoms with Crippen LogP contribution in [0.25, 0.3) is 10.8 Å². The fraction of sp³-hybridized carbons (Fsp3) is 0.238. The van der Waals surface area contributed by atoms with Gasteiger partial charge in [0.1, 0.15) is 11.5 Å². The van der Waals surface area contributed by atoms with Crippen LogP contribution in [0.1, 0.15) is 34.9 Å². The number of esters is 1. The molecule has 2 aromatic carbocycles. The van der Waals surface area contributed by atoms with E-state index in [1.807, 2.05) is 31.2 Å². The molecule has 2 bridgehead atoms. The molecule has 2 atom stereocenters. The lowest BCUT2D eigenvalue weighted by Gasteiger charge is -2.22. The summed E-state index contributed by atoms with van der Waals surface area (Å²) in [5.74, 6) is 0.222. The van der Waals surface area contributed by atoms with Gasteiger partial charge >= 0.3 is 12.1 Å². The van der Waals surface area contributed by atoms with Crippen LogP contribution in [0.5, 0.6) is 11.5 Å². The zero-order valence-electron chi connectivity index (χ0n) is 14.9. The van der Waals surface area contributed by atoms with Crippen molar-refractivity contribution in [3.63, 3.8) is 0 Å². The van der Waals surface area contributed by atoms with Crippen molar-refractivity contribution >= 4 is 34.5 Å². The number of carbonyl (C=O) groups excluding carboxylic acids is 2. The van der Waals surface area contributed by atoms with Crippen LogP contribution in [-0.4, -0.2) is 19.2 Å². The minimum atomic E-state index is -0.798. The third-order valence-electron chi connectivity index (χ3n) is 5.07. The fourth-order valence-corrected chi connectivity index (χ4v) is 4.33. The quantitative estimate of drug-likeness (QED) is 0.319. The van der Waals surface area contributed by atoms with Crippen LogP contribution >= 0.6 is 11.6 Å². The lowest BCUT2D eigenvalue weighted by atomic mass is 9.90. The zero-order chi connectivity index (χ0) is 19.3. The van der Waals surface area contributed by atoms with E-state index in [1.165, 1.54) is 7.11 Å².